The summed E-state index contributed by atoms with van der Waals surface area (Å²) in [5, 5.41) is 10.3. The SMILES string of the molecule is COc1ccc(CCC(O)C2(C)CCCS2)cc1. The highest BCUT2D eigenvalue weighted by Crippen LogP contribution is 2.41. The summed E-state index contributed by atoms with van der Waals surface area (Å²) < 4.78 is 5.22. The minimum Gasteiger partial charge on any atom is -0.497 e. The van der Waals surface area contributed by atoms with Crippen molar-refractivity contribution in [2.45, 2.75) is 43.5 Å². The zero-order valence-electron chi connectivity index (χ0n) is 11.2. The maximum absolute atomic E-state index is 10.3. The maximum atomic E-state index is 10.3. The van der Waals surface area contributed by atoms with Crippen molar-refractivity contribution in [2.24, 2.45) is 0 Å². The van der Waals surface area contributed by atoms with Crippen LogP contribution < -0.4 is 4.74 Å². The molecule has 18 heavy (non-hydrogen) atoms. The second-order valence-corrected chi connectivity index (χ2v) is 6.80. The molecule has 2 nitrogen and oxygen atoms in total. The van der Waals surface area contributed by atoms with Crippen LogP contribution in [0.1, 0.15) is 31.7 Å². The summed E-state index contributed by atoms with van der Waals surface area (Å²) in [5.41, 5.74) is 1.27. The third-order valence-corrected chi connectivity index (χ3v) is 5.45. The van der Waals surface area contributed by atoms with Crippen molar-refractivity contribution in [3.8, 4) is 5.75 Å². The van der Waals surface area contributed by atoms with Crippen molar-refractivity contribution in [1.82, 2.24) is 0 Å². The van der Waals surface area contributed by atoms with Crippen molar-refractivity contribution in [3.05, 3.63) is 29.8 Å². The number of hydrogen-bond donors (Lipinski definition) is 1. The lowest BCUT2D eigenvalue weighted by molar-refractivity contribution is 0.124. The molecule has 0 bridgehead atoms. The molecule has 0 aromatic heterocycles. The zero-order valence-corrected chi connectivity index (χ0v) is 12.0. The molecule has 2 atom stereocenters. The lowest BCUT2D eigenvalue weighted by Gasteiger charge is -2.29. The zero-order chi connectivity index (χ0) is 13.0. The largest absolute Gasteiger partial charge is 0.497 e. The van der Waals surface area contributed by atoms with Gasteiger partial charge in [0.25, 0.3) is 0 Å². The van der Waals surface area contributed by atoms with Gasteiger partial charge in [0.05, 0.1) is 13.2 Å². The minimum absolute atomic E-state index is 0.0759. The molecule has 0 spiro atoms. The van der Waals surface area contributed by atoms with E-state index < -0.39 is 0 Å². The number of benzene rings is 1. The summed E-state index contributed by atoms with van der Waals surface area (Å²) in [6, 6.07) is 8.12. The van der Waals surface area contributed by atoms with Gasteiger partial charge < -0.3 is 9.84 Å². The van der Waals surface area contributed by atoms with E-state index in [1.807, 2.05) is 23.9 Å². The molecule has 2 unspecified atom stereocenters. The van der Waals surface area contributed by atoms with Gasteiger partial charge in [-0.25, -0.2) is 0 Å². The van der Waals surface area contributed by atoms with E-state index in [-0.39, 0.29) is 10.9 Å². The molecule has 2 rings (SSSR count). The Morgan fingerprint density at radius 2 is 2.11 bits per heavy atom. The van der Waals surface area contributed by atoms with Crippen molar-refractivity contribution in [2.75, 3.05) is 12.9 Å². The molecule has 1 fully saturated rings. The molecule has 0 saturated carbocycles. The third kappa shape index (κ3) is 3.21. The van der Waals surface area contributed by atoms with Crippen LogP contribution in [0.25, 0.3) is 0 Å². The second-order valence-electron chi connectivity index (χ2n) is 5.17. The standard InChI is InChI=1S/C15H22O2S/c1-15(10-3-11-18-15)14(16)9-6-12-4-7-13(17-2)8-5-12/h4-5,7-8,14,16H,3,6,9-11H2,1-2H3. The highest BCUT2D eigenvalue weighted by molar-refractivity contribution is 8.00. The topological polar surface area (TPSA) is 29.5 Å². The molecular formula is C15H22O2S. The quantitative estimate of drug-likeness (QED) is 0.887. The first-order valence-corrected chi connectivity index (χ1v) is 7.57. The molecule has 1 aromatic rings. The Morgan fingerprint density at radius 1 is 1.39 bits per heavy atom. The predicted molar refractivity (Wildman–Crippen MR) is 77.4 cm³/mol. The Labute approximate surface area is 114 Å². The van der Waals surface area contributed by atoms with Crippen LogP contribution in [0.5, 0.6) is 5.75 Å². The minimum atomic E-state index is -0.202. The summed E-state index contributed by atoms with van der Waals surface area (Å²) in [7, 11) is 1.68. The summed E-state index contributed by atoms with van der Waals surface area (Å²) in [6.07, 6.45) is 3.95. The van der Waals surface area contributed by atoms with Crippen molar-refractivity contribution >= 4 is 11.8 Å². The Morgan fingerprint density at radius 3 is 2.67 bits per heavy atom. The highest BCUT2D eigenvalue weighted by atomic mass is 32.2. The number of hydrogen-bond acceptors (Lipinski definition) is 3. The molecule has 1 aliphatic rings. The van der Waals surface area contributed by atoms with Crippen LogP contribution in [0.4, 0.5) is 0 Å². The fraction of sp³-hybridized carbons (Fsp3) is 0.600. The van der Waals surface area contributed by atoms with E-state index >= 15 is 0 Å². The van der Waals surface area contributed by atoms with Gasteiger partial charge in [0, 0.05) is 4.75 Å². The van der Waals surface area contributed by atoms with Crippen LogP contribution in [0.3, 0.4) is 0 Å². The summed E-state index contributed by atoms with van der Waals surface area (Å²) in [4.78, 5) is 0. The lowest BCUT2D eigenvalue weighted by Crippen LogP contribution is -2.33. The number of thioether (sulfide) groups is 1. The molecule has 1 N–H and O–H groups in total. The lowest BCUT2D eigenvalue weighted by atomic mass is 9.93. The van der Waals surface area contributed by atoms with Gasteiger partial charge in [-0.3, -0.25) is 0 Å². The van der Waals surface area contributed by atoms with Crippen LogP contribution >= 0.6 is 11.8 Å². The summed E-state index contributed by atoms with van der Waals surface area (Å²) in [5.74, 6) is 2.08. The normalized spacial score (nSPS) is 25.1. The average Bonchev–Trinajstić information content (AvgIpc) is 2.85. The van der Waals surface area contributed by atoms with Gasteiger partial charge in [0.1, 0.15) is 5.75 Å². The molecule has 1 aliphatic heterocycles. The van der Waals surface area contributed by atoms with E-state index in [0.717, 1.165) is 25.0 Å². The second kappa shape index (κ2) is 5.98. The monoisotopic (exact) mass is 266 g/mol. The molecule has 100 valence electrons. The molecule has 0 radical (unpaired) electrons. The predicted octanol–water partition coefficient (Wildman–Crippen LogP) is 3.27. The van der Waals surface area contributed by atoms with E-state index in [2.05, 4.69) is 19.1 Å². The summed E-state index contributed by atoms with van der Waals surface area (Å²) >= 11 is 1.92. The van der Waals surface area contributed by atoms with Crippen molar-refractivity contribution in [3.63, 3.8) is 0 Å². The molecule has 1 heterocycles. The fourth-order valence-corrected chi connectivity index (χ4v) is 3.82. The van der Waals surface area contributed by atoms with Gasteiger partial charge >= 0.3 is 0 Å². The number of rotatable bonds is 5. The number of aliphatic hydroxyl groups is 1. The van der Waals surface area contributed by atoms with Crippen LogP contribution in [-0.4, -0.2) is 28.8 Å². The first-order valence-electron chi connectivity index (χ1n) is 6.59. The highest BCUT2D eigenvalue weighted by Gasteiger charge is 2.36. The van der Waals surface area contributed by atoms with Crippen molar-refractivity contribution < 1.29 is 9.84 Å². The van der Waals surface area contributed by atoms with Crippen LogP contribution in [0.2, 0.25) is 0 Å². The Balaban J connectivity index is 1.86. The van der Waals surface area contributed by atoms with Gasteiger partial charge in [-0.05, 0) is 56.1 Å². The van der Waals surface area contributed by atoms with Crippen LogP contribution in [0, 0.1) is 0 Å². The van der Waals surface area contributed by atoms with Crippen molar-refractivity contribution in [1.29, 1.82) is 0 Å². The van der Waals surface area contributed by atoms with E-state index in [4.69, 9.17) is 4.74 Å². The first kappa shape index (κ1) is 13.8. The summed E-state index contributed by atoms with van der Waals surface area (Å²) in [6.45, 7) is 2.20. The third-order valence-electron chi connectivity index (χ3n) is 3.82. The number of ether oxygens (including phenoxy) is 1. The van der Waals surface area contributed by atoms with E-state index in [1.165, 1.54) is 17.7 Å². The van der Waals surface area contributed by atoms with Gasteiger partial charge in [0.2, 0.25) is 0 Å². The van der Waals surface area contributed by atoms with Crippen LogP contribution in [0.15, 0.2) is 24.3 Å². The van der Waals surface area contributed by atoms with E-state index in [0.29, 0.717) is 0 Å². The Hall–Kier alpha value is -0.670. The van der Waals surface area contributed by atoms with Gasteiger partial charge in [-0.2, -0.15) is 11.8 Å². The van der Waals surface area contributed by atoms with Gasteiger partial charge in [-0.15, -0.1) is 0 Å². The maximum Gasteiger partial charge on any atom is 0.118 e. The van der Waals surface area contributed by atoms with Gasteiger partial charge in [0.15, 0.2) is 0 Å². The average molecular weight is 266 g/mol. The first-order chi connectivity index (χ1) is 8.64. The Bertz CT molecular complexity index is 369. The molecule has 0 aliphatic carbocycles. The molecular weight excluding hydrogens is 244 g/mol. The van der Waals surface area contributed by atoms with E-state index in [9.17, 15) is 5.11 Å². The molecule has 1 saturated heterocycles. The molecule has 3 heteroatoms. The van der Waals surface area contributed by atoms with E-state index in [1.54, 1.807) is 7.11 Å². The smallest absolute Gasteiger partial charge is 0.118 e. The number of methoxy groups -OCH3 is 1. The number of aliphatic hydroxyl groups excluding tert-OH is 1. The number of aryl methyl sites for hydroxylation is 1. The van der Waals surface area contributed by atoms with Gasteiger partial charge in [-0.1, -0.05) is 12.1 Å². The molecule has 1 aromatic carbocycles. The fourth-order valence-electron chi connectivity index (χ4n) is 2.46. The Kier molecular flexibility index (Phi) is 4.57. The molecule has 0 amide bonds. The van der Waals surface area contributed by atoms with Crippen LogP contribution in [-0.2, 0) is 6.42 Å².